The van der Waals surface area contributed by atoms with E-state index in [1.54, 1.807) is 48.5 Å². The van der Waals surface area contributed by atoms with Crippen LogP contribution in [-0.2, 0) is 26.2 Å². The van der Waals surface area contributed by atoms with Crippen LogP contribution in [0.15, 0.2) is 84.9 Å². The standard InChI is InChI=1S/C34H28N4O8/c39-29-23-9-25(13-27(11-23)33(43)44)31(41)37-17-21-5-7-22(8-6-21)18-38-32(42)26-10-24(12-28(14-26)34(45)46)30(40)36-16-20-2-1-19(3-4-20)15-35-29/h1-14H,15-18H2,(H,35,39)(H,36,40)(H,37,41)(H,38,42)(H,43,44)(H,45,46). The summed E-state index contributed by atoms with van der Waals surface area (Å²) < 4.78 is 0. The third-order valence-electron chi connectivity index (χ3n) is 7.27. The zero-order valence-corrected chi connectivity index (χ0v) is 24.3. The molecule has 232 valence electrons. The average Bonchev–Trinajstić information content (AvgIpc) is 3.07. The maximum Gasteiger partial charge on any atom is 0.335 e. The zero-order valence-electron chi connectivity index (χ0n) is 24.3. The second-order valence-corrected chi connectivity index (χ2v) is 10.6. The molecular weight excluding hydrogens is 592 g/mol. The van der Waals surface area contributed by atoms with Crippen LogP contribution < -0.4 is 21.3 Å². The summed E-state index contributed by atoms with van der Waals surface area (Å²) in [6.07, 6.45) is 0. The number of carboxylic acids is 2. The molecule has 4 aromatic rings. The number of nitrogens with one attached hydrogen (secondary N) is 4. The quantitative estimate of drug-likeness (QED) is 0.197. The SMILES string of the molecule is O=C(O)c1cc2cc(c1)C(=O)NCc1ccc(cc1)CNC(=O)c1cc(C(=O)O)cc(c1)C(=O)NCc1ccc(cc1)CNC2=O. The van der Waals surface area contributed by atoms with Gasteiger partial charge in [0.1, 0.15) is 0 Å². The first-order valence-electron chi connectivity index (χ1n) is 14.1. The average molecular weight is 621 g/mol. The minimum Gasteiger partial charge on any atom is -0.478 e. The molecule has 12 nitrogen and oxygen atoms in total. The van der Waals surface area contributed by atoms with Gasteiger partial charge in [0.2, 0.25) is 0 Å². The number of aromatic carboxylic acids is 2. The fourth-order valence-electron chi connectivity index (χ4n) is 4.71. The van der Waals surface area contributed by atoms with Gasteiger partial charge in [0.05, 0.1) is 11.1 Å². The molecule has 4 aliphatic rings. The first-order chi connectivity index (χ1) is 22.0. The smallest absolute Gasteiger partial charge is 0.335 e. The highest BCUT2D eigenvalue weighted by molar-refractivity contribution is 6.04. The van der Waals surface area contributed by atoms with E-state index in [0.717, 1.165) is 0 Å². The van der Waals surface area contributed by atoms with Gasteiger partial charge in [-0.25, -0.2) is 9.59 Å². The number of hydrogen-bond donors (Lipinski definition) is 6. The second-order valence-electron chi connectivity index (χ2n) is 10.6. The van der Waals surface area contributed by atoms with Crippen molar-refractivity contribution in [1.29, 1.82) is 0 Å². The van der Waals surface area contributed by atoms with E-state index >= 15 is 0 Å². The highest BCUT2D eigenvalue weighted by atomic mass is 16.4. The summed E-state index contributed by atoms with van der Waals surface area (Å²) in [5, 5.41) is 30.0. The maximum absolute atomic E-state index is 13.0. The second kappa shape index (κ2) is 13.6. The van der Waals surface area contributed by atoms with E-state index in [-0.39, 0.29) is 59.6 Å². The first-order valence-corrected chi connectivity index (χ1v) is 14.1. The third-order valence-corrected chi connectivity index (χ3v) is 7.27. The lowest BCUT2D eigenvalue weighted by molar-refractivity contribution is 0.0685. The Kier molecular flexibility index (Phi) is 9.18. The molecule has 0 aliphatic carbocycles. The fraction of sp³-hybridized carbons (Fsp3) is 0.118. The van der Waals surface area contributed by atoms with Crippen molar-refractivity contribution in [2.45, 2.75) is 26.2 Å². The van der Waals surface area contributed by atoms with Crippen molar-refractivity contribution in [3.05, 3.63) is 141 Å². The highest BCUT2D eigenvalue weighted by Gasteiger charge is 2.18. The van der Waals surface area contributed by atoms with Gasteiger partial charge in [-0.05, 0) is 58.7 Å². The van der Waals surface area contributed by atoms with Crippen molar-refractivity contribution in [2.75, 3.05) is 0 Å². The van der Waals surface area contributed by atoms with Crippen LogP contribution in [0.5, 0.6) is 0 Å². The Hall–Kier alpha value is -6.30. The molecule has 4 amide bonds. The highest BCUT2D eigenvalue weighted by Crippen LogP contribution is 2.15. The van der Waals surface area contributed by atoms with Crippen LogP contribution >= 0.6 is 0 Å². The summed E-state index contributed by atoms with van der Waals surface area (Å²) in [7, 11) is 0. The molecule has 8 rings (SSSR count). The van der Waals surface area contributed by atoms with E-state index in [9.17, 15) is 39.0 Å². The molecule has 0 spiro atoms. The van der Waals surface area contributed by atoms with Crippen LogP contribution in [0.1, 0.15) is 84.4 Å². The topological polar surface area (TPSA) is 191 Å². The number of amides is 4. The normalized spacial score (nSPS) is 14.1. The van der Waals surface area contributed by atoms with E-state index in [4.69, 9.17) is 0 Å². The molecule has 0 radical (unpaired) electrons. The van der Waals surface area contributed by atoms with Crippen LogP contribution in [0.2, 0.25) is 0 Å². The number of carbonyl (C=O) groups excluding carboxylic acids is 4. The summed E-state index contributed by atoms with van der Waals surface area (Å²) in [4.78, 5) is 75.3. The molecule has 46 heavy (non-hydrogen) atoms. The first kappa shape index (κ1) is 31.1. The number of rotatable bonds is 2. The van der Waals surface area contributed by atoms with Crippen LogP contribution in [0.4, 0.5) is 0 Å². The van der Waals surface area contributed by atoms with Crippen LogP contribution in [-0.4, -0.2) is 45.8 Å². The number of carbonyl (C=O) groups is 6. The summed E-state index contributed by atoms with van der Waals surface area (Å²) in [6, 6.07) is 21.3. The number of benzene rings is 4. The Morgan fingerprint density at radius 1 is 0.413 bits per heavy atom. The Labute approximate surface area is 262 Å². The minimum atomic E-state index is -1.29. The van der Waals surface area contributed by atoms with Crippen molar-refractivity contribution in [3.63, 3.8) is 0 Å². The third kappa shape index (κ3) is 7.61. The molecule has 0 saturated heterocycles. The van der Waals surface area contributed by atoms with E-state index in [1.165, 1.54) is 36.4 Å². The summed E-state index contributed by atoms with van der Waals surface area (Å²) in [6.45, 7) is 0.417. The van der Waals surface area contributed by atoms with Crippen molar-refractivity contribution in [3.8, 4) is 0 Å². The van der Waals surface area contributed by atoms with E-state index in [0.29, 0.717) is 22.3 Å². The number of carboxylic acid groups (broad SMARTS) is 2. The van der Waals surface area contributed by atoms with Gasteiger partial charge in [0.25, 0.3) is 23.6 Å². The van der Waals surface area contributed by atoms with Crippen LogP contribution in [0, 0.1) is 0 Å². The molecular formula is C34H28N4O8. The van der Waals surface area contributed by atoms with Crippen LogP contribution in [0.25, 0.3) is 0 Å². The van der Waals surface area contributed by atoms with E-state index < -0.39 is 35.6 Å². The van der Waals surface area contributed by atoms with Gasteiger partial charge in [0.15, 0.2) is 0 Å². The van der Waals surface area contributed by atoms with E-state index in [2.05, 4.69) is 21.3 Å². The molecule has 8 bridgehead atoms. The molecule has 12 heteroatoms. The molecule has 4 heterocycles. The summed E-state index contributed by atoms with van der Waals surface area (Å²) in [5.74, 6) is -4.85. The van der Waals surface area contributed by atoms with Gasteiger partial charge in [0, 0.05) is 48.4 Å². The van der Waals surface area contributed by atoms with Crippen LogP contribution in [0.3, 0.4) is 0 Å². The van der Waals surface area contributed by atoms with Gasteiger partial charge in [-0.2, -0.15) is 0 Å². The van der Waals surface area contributed by atoms with Crippen molar-refractivity contribution < 1.29 is 39.0 Å². The Bertz CT molecular complexity index is 1620. The van der Waals surface area contributed by atoms with Gasteiger partial charge in [-0.15, -0.1) is 0 Å². The minimum absolute atomic E-state index is 0.00680. The molecule has 0 unspecified atom stereocenters. The largest absolute Gasteiger partial charge is 0.478 e. The van der Waals surface area contributed by atoms with Gasteiger partial charge in [-0.3, -0.25) is 19.2 Å². The lowest BCUT2D eigenvalue weighted by atomic mass is 10.0. The lowest BCUT2D eigenvalue weighted by Crippen LogP contribution is -2.27. The monoisotopic (exact) mass is 620 g/mol. The van der Waals surface area contributed by atoms with Crippen molar-refractivity contribution in [2.24, 2.45) is 0 Å². The molecule has 4 aromatic carbocycles. The maximum atomic E-state index is 13.0. The van der Waals surface area contributed by atoms with Crippen molar-refractivity contribution >= 4 is 35.6 Å². The predicted octanol–water partition coefficient (Wildman–Crippen LogP) is 3.12. The number of hydrogen-bond acceptors (Lipinski definition) is 6. The van der Waals surface area contributed by atoms with Gasteiger partial charge < -0.3 is 31.5 Å². The van der Waals surface area contributed by atoms with Gasteiger partial charge >= 0.3 is 11.9 Å². The molecule has 6 N–H and O–H groups in total. The Morgan fingerprint density at radius 2 is 0.630 bits per heavy atom. The van der Waals surface area contributed by atoms with Crippen molar-refractivity contribution in [1.82, 2.24) is 21.3 Å². The molecule has 0 aromatic heterocycles. The fourth-order valence-corrected chi connectivity index (χ4v) is 4.71. The predicted molar refractivity (Wildman–Crippen MR) is 164 cm³/mol. The lowest BCUT2D eigenvalue weighted by Gasteiger charge is -2.12. The zero-order chi connectivity index (χ0) is 32.8. The Balaban J connectivity index is 1.43. The molecule has 0 fully saturated rings. The van der Waals surface area contributed by atoms with Gasteiger partial charge in [-0.1, -0.05) is 48.5 Å². The van der Waals surface area contributed by atoms with E-state index in [1.807, 2.05) is 0 Å². The summed E-state index contributed by atoms with van der Waals surface area (Å²) in [5.41, 5.74) is 2.46. The molecule has 0 saturated carbocycles. The molecule has 0 atom stereocenters. The Morgan fingerprint density at radius 3 is 0.826 bits per heavy atom. The summed E-state index contributed by atoms with van der Waals surface area (Å²) >= 11 is 0. The molecule has 4 aliphatic heterocycles.